The Bertz CT molecular complexity index is 1100. The number of carbonyl (C=O) groups excluding carboxylic acids is 1. The molecule has 0 bridgehead atoms. The molecule has 1 aliphatic heterocycles. The van der Waals surface area contributed by atoms with Gasteiger partial charge in [-0.25, -0.2) is 32.3 Å². The fourth-order valence-corrected chi connectivity index (χ4v) is 3.24. The van der Waals surface area contributed by atoms with Crippen LogP contribution < -0.4 is 15.4 Å². The minimum Gasteiger partial charge on any atom is -0.356 e. The molecule has 0 spiro atoms. The molecule has 2 aromatic heterocycles. The smallest absolute Gasteiger partial charge is 0.356 e. The summed E-state index contributed by atoms with van der Waals surface area (Å²) in [6.07, 6.45) is -3.66. The van der Waals surface area contributed by atoms with Gasteiger partial charge in [0.25, 0.3) is 21.9 Å². The predicted molar refractivity (Wildman–Crippen MR) is 97.0 cm³/mol. The Kier molecular flexibility index (Phi) is 5.84. The number of nitrogens with one attached hydrogen (secondary N) is 1. The minimum atomic E-state index is -4.82. The summed E-state index contributed by atoms with van der Waals surface area (Å²) < 4.78 is 89.0. The van der Waals surface area contributed by atoms with Gasteiger partial charge in [-0.15, -0.1) is 0 Å². The molecule has 168 valence electrons. The van der Waals surface area contributed by atoms with E-state index in [9.17, 15) is 35.2 Å². The molecule has 9 nitrogen and oxygen atoms in total. The Morgan fingerprint density at radius 1 is 1.16 bits per heavy atom. The lowest BCUT2D eigenvalue weighted by atomic mass is 10.1. The van der Waals surface area contributed by atoms with Crippen molar-refractivity contribution in [1.82, 2.24) is 15.0 Å². The van der Waals surface area contributed by atoms with E-state index in [0.29, 0.717) is 12.3 Å². The summed E-state index contributed by atoms with van der Waals surface area (Å²) >= 11 is 0. The number of halogens is 5. The molecule has 1 amide bonds. The van der Waals surface area contributed by atoms with Crippen LogP contribution in [0.5, 0.6) is 0 Å². The summed E-state index contributed by atoms with van der Waals surface area (Å²) in [6.45, 7) is -0.460. The van der Waals surface area contributed by atoms with E-state index in [-0.39, 0.29) is 18.9 Å². The first-order chi connectivity index (χ1) is 14.3. The van der Waals surface area contributed by atoms with E-state index in [1.807, 2.05) is 0 Å². The van der Waals surface area contributed by atoms with Crippen molar-refractivity contribution in [1.29, 1.82) is 0 Å². The van der Waals surface area contributed by atoms with Crippen LogP contribution in [0.25, 0.3) is 0 Å². The number of hydrogen-bond acceptors (Lipinski definition) is 7. The van der Waals surface area contributed by atoms with E-state index in [2.05, 4.69) is 20.3 Å². The van der Waals surface area contributed by atoms with E-state index in [1.165, 1.54) is 4.90 Å². The van der Waals surface area contributed by atoms with E-state index in [0.717, 1.165) is 12.4 Å². The van der Waals surface area contributed by atoms with Crippen LogP contribution in [-0.4, -0.2) is 48.3 Å². The normalized spacial score (nSPS) is 16.8. The first-order valence-corrected chi connectivity index (χ1v) is 10.2. The molecule has 3 heterocycles. The number of carbonyl (C=O) groups is 1. The van der Waals surface area contributed by atoms with Crippen LogP contribution in [0, 0.1) is 0 Å². The predicted octanol–water partition coefficient (Wildman–Crippen LogP) is 2.03. The third kappa shape index (κ3) is 5.41. The number of primary sulfonamides is 1. The Labute approximate surface area is 172 Å². The van der Waals surface area contributed by atoms with Gasteiger partial charge in [-0.3, -0.25) is 9.78 Å². The zero-order valence-electron chi connectivity index (χ0n) is 15.5. The second kappa shape index (κ2) is 7.96. The number of nitrogens with two attached hydrogens (primary N) is 1. The number of hydrogen-bond donors (Lipinski definition) is 2. The molecule has 2 aromatic rings. The van der Waals surface area contributed by atoms with Gasteiger partial charge in [-0.2, -0.15) is 13.2 Å². The number of anilines is 2. The molecule has 31 heavy (non-hydrogen) atoms. The van der Waals surface area contributed by atoms with Crippen molar-refractivity contribution in [3.05, 3.63) is 35.8 Å². The standard InChI is InChI=1S/C16H15F5N6O3S/c17-15(18)1-3-27(4-2-15)13-10(5-9(6-24-13)16(19,20)21)14(28)26-11-7-23-8-12(25-11)31(22,29)30/h5-8H,1-4H2,(H2,22,29,30)(H,25,26,28). The average molecular weight is 466 g/mol. The summed E-state index contributed by atoms with van der Waals surface area (Å²) in [4.78, 5) is 24.8. The first kappa shape index (κ1) is 22.7. The molecule has 0 atom stereocenters. The third-order valence-corrected chi connectivity index (χ3v) is 5.16. The molecule has 0 aromatic carbocycles. The maximum atomic E-state index is 13.4. The van der Waals surface area contributed by atoms with Crippen LogP contribution in [0.15, 0.2) is 29.7 Å². The van der Waals surface area contributed by atoms with Gasteiger partial charge in [0.15, 0.2) is 10.8 Å². The highest BCUT2D eigenvalue weighted by atomic mass is 32.2. The third-order valence-electron chi connectivity index (χ3n) is 4.38. The van der Waals surface area contributed by atoms with Crippen LogP contribution in [-0.2, 0) is 16.2 Å². The molecule has 0 radical (unpaired) electrons. The van der Waals surface area contributed by atoms with Crippen molar-refractivity contribution in [2.24, 2.45) is 5.14 Å². The summed E-state index contributed by atoms with van der Waals surface area (Å²) in [7, 11) is -4.25. The Balaban J connectivity index is 1.96. The van der Waals surface area contributed by atoms with Crippen LogP contribution in [0.4, 0.5) is 33.6 Å². The van der Waals surface area contributed by atoms with Crippen molar-refractivity contribution in [3.8, 4) is 0 Å². The first-order valence-electron chi connectivity index (χ1n) is 8.62. The van der Waals surface area contributed by atoms with Gasteiger partial charge in [0.2, 0.25) is 0 Å². The molecular weight excluding hydrogens is 451 g/mol. The topological polar surface area (TPSA) is 131 Å². The highest BCUT2D eigenvalue weighted by Gasteiger charge is 2.37. The van der Waals surface area contributed by atoms with E-state index >= 15 is 0 Å². The van der Waals surface area contributed by atoms with Crippen molar-refractivity contribution in [3.63, 3.8) is 0 Å². The fraction of sp³-hybridized carbons (Fsp3) is 0.375. The minimum absolute atomic E-state index is 0.225. The van der Waals surface area contributed by atoms with Crippen molar-refractivity contribution >= 4 is 27.6 Å². The molecule has 1 aliphatic rings. The van der Waals surface area contributed by atoms with Gasteiger partial charge < -0.3 is 10.2 Å². The Morgan fingerprint density at radius 2 is 1.81 bits per heavy atom. The monoisotopic (exact) mass is 466 g/mol. The van der Waals surface area contributed by atoms with Crippen LogP contribution in [0.3, 0.4) is 0 Å². The molecule has 1 fully saturated rings. The SMILES string of the molecule is NS(=O)(=O)c1cncc(NC(=O)c2cc(C(F)(F)F)cnc2N2CCC(F)(F)CC2)n1. The number of piperidine rings is 1. The van der Waals surface area contributed by atoms with Gasteiger partial charge in [0.1, 0.15) is 5.82 Å². The van der Waals surface area contributed by atoms with Crippen molar-refractivity contribution < 1.29 is 35.2 Å². The summed E-state index contributed by atoms with van der Waals surface area (Å²) in [5.74, 6) is -4.66. The van der Waals surface area contributed by atoms with Gasteiger partial charge in [-0.1, -0.05) is 0 Å². The quantitative estimate of drug-likeness (QED) is 0.659. The summed E-state index contributed by atoms with van der Waals surface area (Å²) in [5.41, 5.74) is -1.78. The highest BCUT2D eigenvalue weighted by Crippen LogP contribution is 2.34. The molecule has 3 rings (SSSR count). The number of alkyl halides is 5. The molecule has 0 saturated carbocycles. The number of pyridine rings is 1. The molecular formula is C16H15F5N6O3S. The second-order valence-electron chi connectivity index (χ2n) is 6.68. The number of amides is 1. The van der Waals surface area contributed by atoms with E-state index in [4.69, 9.17) is 5.14 Å². The number of sulfonamides is 1. The lowest BCUT2D eigenvalue weighted by molar-refractivity contribution is -0.137. The second-order valence-corrected chi connectivity index (χ2v) is 8.19. The van der Waals surface area contributed by atoms with Gasteiger partial charge >= 0.3 is 6.18 Å². The molecule has 15 heteroatoms. The van der Waals surface area contributed by atoms with E-state index < -0.39 is 62.8 Å². The molecule has 0 unspecified atom stereocenters. The number of rotatable bonds is 4. The molecule has 0 aliphatic carbocycles. The zero-order valence-corrected chi connectivity index (χ0v) is 16.3. The maximum Gasteiger partial charge on any atom is 0.417 e. The van der Waals surface area contributed by atoms with Gasteiger partial charge in [-0.05, 0) is 6.07 Å². The fourth-order valence-electron chi connectivity index (χ4n) is 2.81. The average Bonchev–Trinajstić information content (AvgIpc) is 2.66. The summed E-state index contributed by atoms with van der Waals surface area (Å²) in [6, 6.07) is 0.529. The van der Waals surface area contributed by atoms with Crippen LogP contribution in [0.2, 0.25) is 0 Å². The number of nitrogens with zero attached hydrogens (tertiary/aromatic N) is 4. The van der Waals surface area contributed by atoms with Crippen LogP contribution in [0.1, 0.15) is 28.8 Å². The Hall–Kier alpha value is -2.94. The lowest BCUT2D eigenvalue weighted by Gasteiger charge is -2.33. The lowest BCUT2D eigenvalue weighted by Crippen LogP contribution is -2.40. The van der Waals surface area contributed by atoms with E-state index in [1.54, 1.807) is 0 Å². The largest absolute Gasteiger partial charge is 0.417 e. The van der Waals surface area contributed by atoms with Gasteiger partial charge in [0.05, 0.1) is 23.5 Å². The number of aromatic nitrogens is 3. The van der Waals surface area contributed by atoms with Crippen LogP contribution >= 0.6 is 0 Å². The van der Waals surface area contributed by atoms with Crippen molar-refractivity contribution in [2.45, 2.75) is 30.0 Å². The van der Waals surface area contributed by atoms with Gasteiger partial charge in [0, 0.05) is 32.1 Å². The zero-order chi connectivity index (χ0) is 23.0. The Morgan fingerprint density at radius 3 is 2.39 bits per heavy atom. The van der Waals surface area contributed by atoms with Crippen molar-refractivity contribution in [2.75, 3.05) is 23.3 Å². The molecule has 3 N–H and O–H groups in total. The molecule has 1 saturated heterocycles. The summed E-state index contributed by atoms with van der Waals surface area (Å²) in [5, 5.41) is 6.39. The maximum absolute atomic E-state index is 13.4. The highest BCUT2D eigenvalue weighted by molar-refractivity contribution is 7.89.